The number of aryl methyl sites for hydroxylation is 1. The second-order valence-electron chi connectivity index (χ2n) is 6.29. The molecule has 6 heteroatoms. The summed E-state index contributed by atoms with van der Waals surface area (Å²) in [6.07, 6.45) is 6.98. The molecule has 0 spiro atoms. The molecule has 0 aromatic carbocycles. The molecule has 0 bridgehead atoms. The summed E-state index contributed by atoms with van der Waals surface area (Å²) in [6.45, 7) is 4.47. The number of nitrogens with zero attached hydrogens (tertiary/aromatic N) is 1. The lowest BCUT2D eigenvalue weighted by atomic mass is 9.90. The summed E-state index contributed by atoms with van der Waals surface area (Å²) in [5.74, 6) is -0.117. The van der Waals surface area contributed by atoms with Crippen LogP contribution in [0.25, 0.3) is 0 Å². The van der Waals surface area contributed by atoms with Crippen molar-refractivity contribution < 1.29 is 9.59 Å². The van der Waals surface area contributed by atoms with Crippen LogP contribution in [0.1, 0.15) is 69.0 Å². The summed E-state index contributed by atoms with van der Waals surface area (Å²) in [6, 6.07) is 0. The van der Waals surface area contributed by atoms with E-state index in [2.05, 4.69) is 15.6 Å². The maximum Gasteiger partial charge on any atom is 0.221 e. The molecule has 0 saturated heterocycles. The van der Waals surface area contributed by atoms with Crippen LogP contribution in [0, 0.1) is 6.92 Å². The van der Waals surface area contributed by atoms with Gasteiger partial charge in [-0.3, -0.25) is 9.59 Å². The highest BCUT2D eigenvalue weighted by molar-refractivity contribution is 7.09. The van der Waals surface area contributed by atoms with E-state index in [1.165, 1.54) is 12.8 Å². The van der Waals surface area contributed by atoms with Crippen LogP contribution in [-0.4, -0.2) is 23.3 Å². The summed E-state index contributed by atoms with van der Waals surface area (Å²) in [5, 5.41) is 9.02. The minimum absolute atomic E-state index is 0.0500. The van der Waals surface area contributed by atoms with Gasteiger partial charge in [0, 0.05) is 30.5 Å². The Hall–Kier alpha value is -1.43. The van der Waals surface area contributed by atoms with Crippen molar-refractivity contribution in [3.8, 4) is 0 Å². The number of nitrogens with one attached hydrogen (secondary N) is 2. The van der Waals surface area contributed by atoms with Gasteiger partial charge in [-0.15, -0.1) is 11.3 Å². The first-order valence-electron chi connectivity index (χ1n) is 8.56. The molecule has 128 valence electrons. The number of hydrogen-bond donors (Lipinski definition) is 2. The third-order valence-electron chi connectivity index (χ3n) is 4.32. The molecule has 1 fully saturated rings. The number of hydrogen-bond acceptors (Lipinski definition) is 4. The molecule has 0 atom stereocenters. The summed E-state index contributed by atoms with van der Waals surface area (Å²) < 4.78 is 0. The molecule has 1 saturated carbocycles. The summed E-state index contributed by atoms with van der Waals surface area (Å²) in [4.78, 5) is 28.6. The normalized spacial score (nSPS) is 17.3. The molecule has 2 rings (SSSR count). The van der Waals surface area contributed by atoms with Gasteiger partial charge in [0.15, 0.2) is 0 Å². The average Bonchev–Trinajstić information content (AvgIpc) is 2.82. The van der Waals surface area contributed by atoms with Crippen LogP contribution in [0.15, 0.2) is 5.38 Å². The highest BCUT2D eigenvalue weighted by Gasteiger charge is 2.36. The highest BCUT2D eigenvalue weighted by Crippen LogP contribution is 2.37. The van der Waals surface area contributed by atoms with Crippen LogP contribution in [0.5, 0.6) is 0 Å². The molecule has 23 heavy (non-hydrogen) atoms. The van der Waals surface area contributed by atoms with Crippen molar-refractivity contribution in [3.05, 3.63) is 16.1 Å². The van der Waals surface area contributed by atoms with E-state index in [0.29, 0.717) is 6.54 Å². The van der Waals surface area contributed by atoms with Gasteiger partial charge in [-0.25, -0.2) is 4.98 Å². The smallest absolute Gasteiger partial charge is 0.221 e. The van der Waals surface area contributed by atoms with Crippen LogP contribution in [0.4, 0.5) is 0 Å². The molecule has 1 aliphatic carbocycles. The number of amides is 2. The topological polar surface area (TPSA) is 71.1 Å². The molecule has 2 N–H and O–H groups in total. The molecular weight excluding hydrogens is 310 g/mol. The van der Waals surface area contributed by atoms with E-state index < -0.39 is 0 Å². The van der Waals surface area contributed by atoms with Crippen molar-refractivity contribution in [1.29, 1.82) is 0 Å². The fraction of sp³-hybridized carbons (Fsp3) is 0.706. The lowest BCUT2D eigenvalue weighted by Gasteiger charge is -2.32. The predicted octanol–water partition coefficient (Wildman–Crippen LogP) is 3.03. The van der Waals surface area contributed by atoms with E-state index in [-0.39, 0.29) is 30.2 Å². The van der Waals surface area contributed by atoms with Gasteiger partial charge in [0.1, 0.15) is 5.01 Å². The van der Waals surface area contributed by atoms with E-state index in [4.69, 9.17) is 0 Å². The molecule has 1 aliphatic rings. The maximum atomic E-state index is 12.4. The van der Waals surface area contributed by atoms with Gasteiger partial charge in [0.05, 0.1) is 5.54 Å². The summed E-state index contributed by atoms with van der Waals surface area (Å²) in [5.41, 5.74) is 0.665. The van der Waals surface area contributed by atoms with E-state index in [1.807, 2.05) is 19.2 Å². The standard InChI is InChI=1S/C17H27N3O2S/c1-3-18-14(21)8-9-15(22)20-17(10-6-4-5-7-11-17)16-19-13(2)12-23-16/h12H,3-11H2,1-2H3,(H,18,21)(H,20,22). The van der Waals surface area contributed by atoms with Crippen LogP contribution >= 0.6 is 11.3 Å². The van der Waals surface area contributed by atoms with Gasteiger partial charge >= 0.3 is 0 Å². The Morgan fingerprint density at radius 2 is 1.83 bits per heavy atom. The molecule has 0 radical (unpaired) electrons. The fourth-order valence-corrected chi connectivity index (χ4v) is 4.15. The summed E-state index contributed by atoms with van der Waals surface area (Å²) >= 11 is 1.63. The van der Waals surface area contributed by atoms with Gasteiger partial charge in [0.2, 0.25) is 11.8 Å². The summed E-state index contributed by atoms with van der Waals surface area (Å²) in [7, 11) is 0. The Kier molecular flexibility index (Phi) is 6.57. The molecule has 0 unspecified atom stereocenters. The number of aromatic nitrogens is 1. The molecule has 2 amide bonds. The number of thiazole rings is 1. The first-order chi connectivity index (χ1) is 11.1. The quantitative estimate of drug-likeness (QED) is 0.784. The lowest BCUT2D eigenvalue weighted by molar-refractivity contribution is -0.127. The van der Waals surface area contributed by atoms with Gasteiger partial charge in [-0.05, 0) is 26.7 Å². The Bertz CT molecular complexity index is 534. The van der Waals surface area contributed by atoms with Crippen LogP contribution in [0.3, 0.4) is 0 Å². The number of rotatable bonds is 6. The van der Waals surface area contributed by atoms with Crippen molar-refractivity contribution in [1.82, 2.24) is 15.6 Å². The van der Waals surface area contributed by atoms with Crippen molar-refractivity contribution in [2.45, 2.75) is 70.8 Å². The Balaban J connectivity index is 2.05. The van der Waals surface area contributed by atoms with Crippen molar-refractivity contribution >= 4 is 23.2 Å². The molecule has 1 heterocycles. The van der Waals surface area contributed by atoms with Crippen LogP contribution in [0.2, 0.25) is 0 Å². The Morgan fingerprint density at radius 3 is 2.39 bits per heavy atom. The molecular formula is C17H27N3O2S. The van der Waals surface area contributed by atoms with E-state index >= 15 is 0 Å². The molecule has 5 nitrogen and oxygen atoms in total. The minimum atomic E-state index is -0.340. The molecule has 1 aromatic heterocycles. The monoisotopic (exact) mass is 337 g/mol. The largest absolute Gasteiger partial charge is 0.356 e. The zero-order valence-corrected chi connectivity index (χ0v) is 14.9. The molecule has 1 aromatic rings. The third-order valence-corrected chi connectivity index (χ3v) is 5.48. The van der Waals surface area contributed by atoms with E-state index in [9.17, 15) is 9.59 Å². The fourth-order valence-electron chi connectivity index (χ4n) is 3.14. The van der Waals surface area contributed by atoms with E-state index in [1.54, 1.807) is 11.3 Å². The van der Waals surface area contributed by atoms with E-state index in [0.717, 1.165) is 36.4 Å². The van der Waals surface area contributed by atoms with Gasteiger partial charge in [-0.1, -0.05) is 25.7 Å². The number of carbonyl (C=O) groups excluding carboxylic acids is 2. The highest BCUT2D eigenvalue weighted by atomic mass is 32.1. The maximum absolute atomic E-state index is 12.4. The van der Waals surface area contributed by atoms with Crippen LogP contribution in [-0.2, 0) is 15.1 Å². The first kappa shape index (κ1) is 17.9. The third kappa shape index (κ3) is 5.03. The van der Waals surface area contributed by atoms with Crippen molar-refractivity contribution in [3.63, 3.8) is 0 Å². The number of carbonyl (C=O) groups is 2. The van der Waals surface area contributed by atoms with Crippen LogP contribution < -0.4 is 10.6 Å². The zero-order valence-electron chi connectivity index (χ0n) is 14.1. The molecule has 0 aliphatic heterocycles. The van der Waals surface area contributed by atoms with Gasteiger partial charge in [-0.2, -0.15) is 0 Å². The van der Waals surface area contributed by atoms with Gasteiger partial charge < -0.3 is 10.6 Å². The van der Waals surface area contributed by atoms with Gasteiger partial charge in [0.25, 0.3) is 0 Å². The SMILES string of the molecule is CCNC(=O)CCC(=O)NC1(c2nc(C)cs2)CCCCCC1. The lowest BCUT2D eigenvalue weighted by Crippen LogP contribution is -2.45. The predicted molar refractivity (Wildman–Crippen MR) is 92.3 cm³/mol. The van der Waals surface area contributed by atoms with Crippen molar-refractivity contribution in [2.24, 2.45) is 0 Å². The average molecular weight is 337 g/mol. The minimum Gasteiger partial charge on any atom is -0.356 e. The Morgan fingerprint density at radius 1 is 1.17 bits per heavy atom. The zero-order chi connectivity index (χ0) is 16.7. The second kappa shape index (κ2) is 8.43. The Labute approximate surface area is 142 Å². The second-order valence-corrected chi connectivity index (χ2v) is 7.15. The van der Waals surface area contributed by atoms with Crippen molar-refractivity contribution in [2.75, 3.05) is 6.54 Å². The first-order valence-corrected chi connectivity index (χ1v) is 9.44.